The van der Waals surface area contributed by atoms with Crippen LogP contribution in [0.4, 0.5) is 24.5 Å². The number of benzene rings is 2. The van der Waals surface area contributed by atoms with Crippen molar-refractivity contribution in [3.8, 4) is 17.2 Å². The Bertz CT molecular complexity index is 1130. The summed E-state index contributed by atoms with van der Waals surface area (Å²) in [6.45, 7) is 2.52. The molecule has 1 atom stereocenters. The van der Waals surface area contributed by atoms with Crippen LogP contribution >= 0.6 is 0 Å². The second-order valence-electron chi connectivity index (χ2n) is 10.3. The summed E-state index contributed by atoms with van der Waals surface area (Å²) in [5.74, 6) is -0.0693. The highest BCUT2D eigenvalue weighted by Crippen LogP contribution is 2.42. The molecule has 0 radical (unpaired) electrons. The molecule has 1 heterocycles. The van der Waals surface area contributed by atoms with Crippen LogP contribution in [0.2, 0.25) is 0 Å². The standard InChI is InChI=1S/C27H34F3N3O4/c1-26(16-31-22-14-19(36-27(28,29)30)10-11-24(22)37-26)25(35)32-21-15-23(34)20(17-7-4-5-8-17)13-18(21)9-6-12-33(2)3/h10-11,13-15,17,31,34H,4-9,12,16H2,1-3H3,(H,32,35). The van der Waals surface area contributed by atoms with Crippen LogP contribution in [0.1, 0.15) is 56.1 Å². The Morgan fingerprint density at radius 1 is 1.24 bits per heavy atom. The minimum atomic E-state index is -4.80. The summed E-state index contributed by atoms with van der Waals surface area (Å²) < 4.78 is 47.6. The number of aromatic hydroxyl groups is 1. The molecule has 1 unspecified atom stereocenters. The van der Waals surface area contributed by atoms with Crippen molar-refractivity contribution in [2.24, 2.45) is 0 Å². The van der Waals surface area contributed by atoms with Crippen molar-refractivity contribution in [1.82, 2.24) is 4.90 Å². The number of carbonyl (C=O) groups is 1. The number of ether oxygens (including phenoxy) is 2. The molecule has 1 aliphatic heterocycles. The van der Waals surface area contributed by atoms with Gasteiger partial charge in [0.1, 0.15) is 17.2 Å². The second-order valence-corrected chi connectivity index (χ2v) is 10.3. The van der Waals surface area contributed by atoms with Gasteiger partial charge in [-0.1, -0.05) is 12.8 Å². The van der Waals surface area contributed by atoms with Crippen molar-refractivity contribution in [1.29, 1.82) is 0 Å². The zero-order valence-electron chi connectivity index (χ0n) is 21.4. The summed E-state index contributed by atoms with van der Waals surface area (Å²) in [6, 6.07) is 7.31. The number of aryl methyl sites for hydroxylation is 1. The zero-order chi connectivity index (χ0) is 26.8. The summed E-state index contributed by atoms with van der Waals surface area (Å²) in [5, 5.41) is 16.7. The van der Waals surface area contributed by atoms with Gasteiger partial charge in [-0.05, 0) is 88.5 Å². The molecule has 1 saturated carbocycles. The van der Waals surface area contributed by atoms with Gasteiger partial charge in [0, 0.05) is 17.8 Å². The molecule has 2 aliphatic rings. The van der Waals surface area contributed by atoms with Gasteiger partial charge < -0.3 is 30.1 Å². The van der Waals surface area contributed by atoms with Gasteiger partial charge >= 0.3 is 6.36 Å². The molecule has 4 rings (SSSR count). The van der Waals surface area contributed by atoms with Crippen LogP contribution in [0.5, 0.6) is 17.2 Å². The number of phenols is 1. The molecular formula is C27H34F3N3O4. The summed E-state index contributed by atoms with van der Waals surface area (Å²) in [5.41, 5.74) is 1.39. The number of amides is 1. The van der Waals surface area contributed by atoms with Crippen LogP contribution in [0, 0.1) is 0 Å². The monoisotopic (exact) mass is 521 g/mol. The van der Waals surface area contributed by atoms with Gasteiger partial charge in [-0.15, -0.1) is 13.2 Å². The predicted molar refractivity (Wildman–Crippen MR) is 135 cm³/mol. The maximum absolute atomic E-state index is 13.4. The summed E-state index contributed by atoms with van der Waals surface area (Å²) in [4.78, 5) is 15.5. The molecule has 1 amide bonds. The maximum Gasteiger partial charge on any atom is 0.573 e. The number of anilines is 2. The lowest BCUT2D eigenvalue weighted by Gasteiger charge is -2.35. The molecule has 1 aliphatic carbocycles. The number of hydrogen-bond acceptors (Lipinski definition) is 6. The number of phenolic OH excluding ortho intramolecular Hbond substituents is 1. The van der Waals surface area contributed by atoms with Crippen molar-refractivity contribution in [2.75, 3.05) is 37.8 Å². The highest BCUT2D eigenvalue weighted by atomic mass is 19.4. The smallest absolute Gasteiger partial charge is 0.508 e. The number of alkyl halides is 3. The van der Waals surface area contributed by atoms with Crippen molar-refractivity contribution >= 4 is 17.3 Å². The average molecular weight is 522 g/mol. The van der Waals surface area contributed by atoms with Gasteiger partial charge in [-0.2, -0.15) is 0 Å². The number of nitrogens with one attached hydrogen (secondary N) is 2. The van der Waals surface area contributed by atoms with Crippen LogP contribution in [-0.2, 0) is 11.2 Å². The molecule has 0 saturated heterocycles. The van der Waals surface area contributed by atoms with Crippen LogP contribution < -0.4 is 20.1 Å². The number of fused-ring (bicyclic) bond motifs is 1. The minimum Gasteiger partial charge on any atom is -0.508 e. The Morgan fingerprint density at radius 2 is 1.97 bits per heavy atom. The molecule has 3 N–H and O–H groups in total. The molecule has 2 aromatic carbocycles. The van der Waals surface area contributed by atoms with Gasteiger partial charge in [-0.3, -0.25) is 4.79 Å². The quantitative estimate of drug-likeness (QED) is 0.417. The van der Waals surface area contributed by atoms with Crippen LogP contribution in [0.3, 0.4) is 0 Å². The third kappa shape index (κ3) is 6.60. The third-order valence-electron chi connectivity index (χ3n) is 6.96. The lowest BCUT2D eigenvalue weighted by molar-refractivity contribution is -0.274. The molecule has 0 aromatic heterocycles. The molecular weight excluding hydrogens is 487 g/mol. The Morgan fingerprint density at radius 3 is 2.65 bits per heavy atom. The highest BCUT2D eigenvalue weighted by molar-refractivity contribution is 5.99. The maximum atomic E-state index is 13.4. The fourth-order valence-electron chi connectivity index (χ4n) is 4.98. The molecule has 1 fully saturated rings. The van der Waals surface area contributed by atoms with E-state index >= 15 is 0 Å². The number of halogens is 3. The second kappa shape index (κ2) is 10.7. The first kappa shape index (κ1) is 26.9. The Balaban J connectivity index is 1.53. The van der Waals surface area contributed by atoms with Gasteiger partial charge in [0.25, 0.3) is 5.91 Å². The van der Waals surface area contributed by atoms with E-state index in [9.17, 15) is 23.1 Å². The van der Waals surface area contributed by atoms with Crippen molar-refractivity contribution < 1.29 is 32.5 Å². The van der Waals surface area contributed by atoms with E-state index in [2.05, 4.69) is 20.3 Å². The first-order valence-corrected chi connectivity index (χ1v) is 12.6. The van der Waals surface area contributed by atoms with Crippen LogP contribution in [0.15, 0.2) is 30.3 Å². The van der Waals surface area contributed by atoms with E-state index < -0.39 is 17.9 Å². The topological polar surface area (TPSA) is 83.1 Å². The van der Waals surface area contributed by atoms with Gasteiger partial charge in [0.2, 0.25) is 5.60 Å². The molecule has 10 heteroatoms. The van der Waals surface area contributed by atoms with E-state index in [1.807, 2.05) is 20.2 Å². The van der Waals surface area contributed by atoms with Crippen LogP contribution in [0.25, 0.3) is 0 Å². The van der Waals surface area contributed by atoms with E-state index in [-0.39, 0.29) is 23.8 Å². The fourth-order valence-corrected chi connectivity index (χ4v) is 4.98. The molecule has 2 aromatic rings. The largest absolute Gasteiger partial charge is 0.573 e. The van der Waals surface area contributed by atoms with Crippen molar-refractivity contribution in [3.05, 3.63) is 41.5 Å². The number of hydrogen-bond donors (Lipinski definition) is 3. The zero-order valence-corrected chi connectivity index (χ0v) is 21.4. The molecule has 7 nitrogen and oxygen atoms in total. The first-order chi connectivity index (χ1) is 17.4. The molecule has 0 spiro atoms. The molecule has 37 heavy (non-hydrogen) atoms. The first-order valence-electron chi connectivity index (χ1n) is 12.6. The number of rotatable bonds is 8. The number of nitrogens with zero attached hydrogens (tertiary/aromatic N) is 1. The van der Waals surface area contributed by atoms with Crippen molar-refractivity contribution in [3.63, 3.8) is 0 Å². The van der Waals surface area contributed by atoms with E-state index in [1.54, 1.807) is 13.0 Å². The molecule has 202 valence electrons. The Kier molecular flexibility index (Phi) is 7.77. The average Bonchev–Trinajstić information content (AvgIpc) is 3.34. The van der Waals surface area contributed by atoms with Gasteiger partial charge in [0.15, 0.2) is 0 Å². The van der Waals surface area contributed by atoms with E-state index in [1.165, 1.54) is 12.1 Å². The lowest BCUT2D eigenvalue weighted by atomic mass is 9.92. The molecule has 0 bridgehead atoms. The lowest BCUT2D eigenvalue weighted by Crippen LogP contribution is -2.52. The normalized spacial score (nSPS) is 19.8. The Hall–Kier alpha value is -3.14. The summed E-state index contributed by atoms with van der Waals surface area (Å²) in [6.07, 6.45) is 1.19. The van der Waals surface area contributed by atoms with Gasteiger partial charge in [0.05, 0.1) is 12.2 Å². The fraction of sp³-hybridized carbons (Fsp3) is 0.519. The van der Waals surface area contributed by atoms with Gasteiger partial charge in [-0.25, -0.2) is 0 Å². The number of carbonyl (C=O) groups excluding carboxylic acids is 1. The highest BCUT2D eigenvalue weighted by Gasteiger charge is 2.40. The SMILES string of the molecule is CN(C)CCCc1cc(C2CCCC2)c(O)cc1NC(=O)C1(C)CNc2cc(OC(F)(F)F)ccc2O1. The predicted octanol–water partition coefficient (Wildman–Crippen LogP) is 5.64. The third-order valence-corrected chi connectivity index (χ3v) is 6.96. The van der Waals surface area contributed by atoms with Crippen molar-refractivity contribution in [2.45, 2.75) is 63.3 Å². The van der Waals surface area contributed by atoms with E-state index in [4.69, 9.17) is 4.74 Å². The minimum absolute atomic E-state index is 0.0312. The summed E-state index contributed by atoms with van der Waals surface area (Å²) >= 11 is 0. The van der Waals surface area contributed by atoms with E-state index in [0.717, 1.165) is 62.3 Å². The Labute approximate surface area is 214 Å². The van der Waals surface area contributed by atoms with E-state index in [0.29, 0.717) is 17.3 Å². The van der Waals surface area contributed by atoms with Crippen LogP contribution in [-0.4, -0.2) is 55.1 Å². The summed E-state index contributed by atoms with van der Waals surface area (Å²) in [7, 11) is 4.02.